The third-order valence-corrected chi connectivity index (χ3v) is 6.59. The molecular weight excluding hydrogens is 644 g/mol. The van der Waals surface area contributed by atoms with Crippen LogP contribution >= 0.6 is 15.9 Å². The first kappa shape index (κ1) is 34.0. The number of halogens is 1. The van der Waals surface area contributed by atoms with Crippen molar-refractivity contribution >= 4 is 40.1 Å². The van der Waals surface area contributed by atoms with Crippen molar-refractivity contribution in [2.45, 2.75) is 33.0 Å². The van der Waals surface area contributed by atoms with Gasteiger partial charge in [0.1, 0.15) is 6.61 Å². The number of nitrogens with one attached hydrogen (secondary N) is 3. The summed E-state index contributed by atoms with van der Waals surface area (Å²) in [5.41, 5.74) is 4.39. The van der Waals surface area contributed by atoms with Crippen molar-refractivity contribution in [2.24, 2.45) is 5.10 Å². The van der Waals surface area contributed by atoms with Gasteiger partial charge in [0.2, 0.25) is 0 Å². The summed E-state index contributed by atoms with van der Waals surface area (Å²) in [6.45, 7) is 5.41. The van der Waals surface area contributed by atoms with Crippen molar-refractivity contribution in [3.63, 3.8) is 0 Å². The van der Waals surface area contributed by atoms with Crippen LogP contribution in [0.3, 0.4) is 0 Å². The van der Waals surface area contributed by atoms with Crippen LogP contribution in [0.1, 0.15) is 37.9 Å². The van der Waals surface area contributed by atoms with Crippen LogP contribution in [0.2, 0.25) is 0 Å². The lowest BCUT2D eigenvalue weighted by Gasteiger charge is -2.28. The lowest BCUT2D eigenvalue weighted by molar-refractivity contribution is -0.143. The molecule has 1 aliphatic heterocycles. The summed E-state index contributed by atoms with van der Waals surface area (Å²) in [7, 11) is 2.53. The molecule has 14 nitrogen and oxygen atoms in total. The van der Waals surface area contributed by atoms with E-state index in [2.05, 4.69) is 41.8 Å². The number of nitrogens with zero attached hydrogens (tertiary/aromatic N) is 1. The molecule has 2 aromatic rings. The van der Waals surface area contributed by atoms with Crippen molar-refractivity contribution in [2.75, 3.05) is 40.6 Å². The summed E-state index contributed by atoms with van der Waals surface area (Å²) in [6.07, 6.45) is 0.265. The van der Waals surface area contributed by atoms with Crippen molar-refractivity contribution in [3.8, 4) is 23.0 Å². The normalized spacial score (nSPS) is 15.2. The Hall–Kier alpha value is -4.50. The Bertz CT molecular complexity index is 1410. The number of esters is 2. The molecule has 2 aromatic carbocycles. The Morgan fingerprint density at radius 1 is 1.05 bits per heavy atom. The van der Waals surface area contributed by atoms with E-state index in [1.54, 1.807) is 44.2 Å². The predicted octanol–water partition coefficient (Wildman–Crippen LogP) is 2.92. The standard InChI is InChI=1S/C29H35BrN4O10/c1-6-41-21-12-18(26-25(28(37)40-5)16(3)32-29(38)33-26)8-9-20(21)43-14-23(35)34-31-13-17-10-19(30)27(22(11-17)42-7-2)44-15-24(36)39-4/h8-13,23,26,34-35H,6-7,14-15H2,1-5H3,(H2,32,33,38)/b31-13-/t23-,26-/m1/s1. The molecule has 0 aromatic heterocycles. The number of amides is 2. The molecular formula is C29H35BrN4O10. The van der Waals surface area contributed by atoms with Gasteiger partial charge in [0.25, 0.3) is 0 Å². The maximum atomic E-state index is 12.4. The molecule has 0 bridgehead atoms. The third-order valence-electron chi connectivity index (χ3n) is 6.00. The number of aliphatic hydroxyl groups excluding tert-OH is 1. The topological polar surface area (TPSA) is 175 Å². The molecule has 4 N–H and O–H groups in total. The quantitative estimate of drug-likeness (QED) is 0.0943. The molecule has 3 rings (SSSR count). The zero-order valence-corrected chi connectivity index (χ0v) is 26.5. The van der Waals surface area contributed by atoms with Crippen molar-refractivity contribution in [3.05, 3.63) is 57.2 Å². The number of carbonyl (C=O) groups is 3. The summed E-state index contributed by atoms with van der Waals surface area (Å²) in [6, 6.07) is 7.07. The van der Waals surface area contributed by atoms with Crippen LogP contribution in [0.15, 0.2) is 51.2 Å². The number of aliphatic hydroxyl groups is 1. The van der Waals surface area contributed by atoms with Gasteiger partial charge in [-0.25, -0.2) is 14.4 Å². The second kappa shape index (κ2) is 16.4. The Kier molecular flexibility index (Phi) is 12.7. The van der Waals surface area contributed by atoms with Crippen molar-refractivity contribution in [1.29, 1.82) is 0 Å². The van der Waals surface area contributed by atoms with Crippen molar-refractivity contribution in [1.82, 2.24) is 16.1 Å². The van der Waals surface area contributed by atoms with E-state index in [1.165, 1.54) is 20.4 Å². The number of allylic oxidation sites excluding steroid dienone is 1. The molecule has 1 heterocycles. The van der Waals surface area contributed by atoms with Gasteiger partial charge >= 0.3 is 18.0 Å². The number of ether oxygens (including phenoxy) is 6. The van der Waals surface area contributed by atoms with Crippen LogP contribution in [0.5, 0.6) is 23.0 Å². The van der Waals surface area contributed by atoms with Crippen LogP contribution in [-0.4, -0.2) is 76.2 Å². The fourth-order valence-corrected chi connectivity index (χ4v) is 4.65. The largest absolute Gasteiger partial charge is 0.490 e. The molecule has 0 saturated carbocycles. The fraction of sp³-hybridized carbons (Fsp3) is 0.379. The Balaban J connectivity index is 1.68. The predicted molar refractivity (Wildman–Crippen MR) is 162 cm³/mol. The second-order valence-corrected chi connectivity index (χ2v) is 9.90. The van der Waals surface area contributed by atoms with Crippen LogP contribution in [0.4, 0.5) is 4.79 Å². The first-order valence-corrected chi connectivity index (χ1v) is 14.3. The van der Waals surface area contributed by atoms with Crippen LogP contribution in [-0.2, 0) is 19.1 Å². The van der Waals surface area contributed by atoms with Crippen molar-refractivity contribution < 1.29 is 47.9 Å². The molecule has 238 valence electrons. The number of benzene rings is 2. The minimum atomic E-state index is -1.20. The van der Waals surface area contributed by atoms with E-state index in [4.69, 9.17) is 23.7 Å². The molecule has 0 fully saturated rings. The Morgan fingerprint density at radius 3 is 2.45 bits per heavy atom. The summed E-state index contributed by atoms with van der Waals surface area (Å²) in [5, 5.41) is 19.8. The van der Waals surface area contributed by atoms with Gasteiger partial charge in [0, 0.05) is 5.70 Å². The highest BCUT2D eigenvalue weighted by Crippen LogP contribution is 2.37. The number of rotatable bonds is 15. The SMILES string of the molecule is CCOc1cc([C@H]2NC(=O)NC(C)=C2C(=O)OC)ccc1OC[C@@H](O)N/N=C\c1cc(Br)c(OCC(=O)OC)c(OCC)c1. The molecule has 0 radical (unpaired) electrons. The lowest BCUT2D eigenvalue weighted by atomic mass is 9.95. The van der Waals surface area contributed by atoms with E-state index in [9.17, 15) is 19.5 Å². The van der Waals surface area contributed by atoms with E-state index in [0.717, 1.165) is 0 Å². The number of hydrogen-bond donors (Lipinski definition) is 4. The maximum absolute atomic E-state index is 12.4. The summed E-state index contributed by atoms with van der Waals surface area (Å²) in [5.74, 6) is 0.271. The van der Waals surface area contributed by atoms with Gasteiger partial charge in [-0.05, 0) is 72.1 Å². The minimum Gasteiger partial charge on any atom is -0.490 e. The highest BCUT2D eigenvalue weighted by molar-refractivity contribution is 9.10. The number of hydrazone groups is 1. The van der Waals surface area contributed by atoms with Gasteiger partial charge in [-0.1, -0.05) is 6.07 Å². The molecule has 0 spiro atoms. The van der Waals surface area contributed by atoms with Gasteiger partial charge < -0.3 is 44.2 Å². The summed E-state index contributed by atoms with van der Waals surface area (Å²) in [4.78, 5) is 36.0. The van der Waals surface area contributed by atoms with Gasteiger partial charge in [-0.15, -0.1) is 0 Å². The van der Waals surface area contributed by atoms with E-state index in [1.807, 2.05) is 6.92 Å². The molecule has 1 aliphatic rings. The zero-order chi connectivity index (χ0) is 32.2. The van der Waals surface area contributed by atoms with Gasteiger partial charge in [-0.2, -0.15) is 5.10 Å². The first-order chi connectivity index (χ1) is 21.1. The summed E-state index contributed by atoms with van der Waals surface area (Å²) >= 11 is 3.41. The average molecular weight is 680 g/mol. The first-order valence-electron chi connectivity index (χ1n) is 13.5. The number of carbonyl (C=O) groups excluding carboxylic acids is 3. The molecule has 0 aliphatic carbocycles. The average Bonchev–Trinajstić information content (AvgIpc) is 2.99. The van der Waals surface area contributed by atoms with Gasteiger partial charge in [0.05, 0.1) is 49.7 Å². The van der Waals surface area contributed by atoms with E-state index in [0.29, 0.717) is 57.5 Å². The molecule has 15 heteroatoms. The lowest BCUT2D eigenvalue weighted by Crippen LogP contribution is -2.45. The van der Waals surface area contributed by atoms with E-state index in [-0.39, 0.29) is 18.8 Å². The van der Waals surface area contributed by atoms with E-state index < -0.39 is 30.2 Å². The molecule has 0 unspecified atom stereocenters. The fourth-order valence-electron chi connectivity index (χ4n) is 4.08. The number of methoxy groups -OCH3 is 2. The second-order valence-electron chi connectivity index (χ2n) is 9.04. The molecule has 44 heavy (non-hydrogen) atoms. The van der Waals surface area contributed by atoms with Gasteiger partial charge in [0.15, 0.2) is 35.8 Å². The van der Waals surface area contributed by atoms with Crippen LogP contribution in [0.25, 0.3) is 0 Å². The third kappa shape index (κ3) is 9.00. The molecule has 2 amide bonds. The summed E-state index contributed by atoms with van der Waals surface area (Å²) < 4.78 is 32.7. The van der Waals surface area contributed by atoms with Gasteiger partial charge in [-0.3, -0.25) is 5.43 Å². The highest BCUT2D eigenvalue weighted by atomic mass is 79.9. The minimum absolute atomic E-state index is 0.193. The highest BCUT2D eigenvalue weighted by Gasteiger charge is 2.32. The Morgan fingerprint density at radius 2 is 1.77 bits per heavy atom. The molecule has 0 saturated heterocycles. The van der Waals surface area contributed by atoms with Crippen LogP contribution in [0, 0.1) is 0 Å². The van der Waals surface area contributed by atoms with E-state index >= 15 is 0 Å². The Labute approximate surface area is 262 Å². The molecule has 2 atom stereocenters. The number of urea groups is 1. The monoisotopic (exact) mass is 678 g/mol. The maximum Gasteiger partial charge on any atom is 0.343 e. The smallest absolute Gasteiger partial charge is 0.343 e. The van der Waals surface area contributed by atoms with Crippen LogP contribution < -0.4 is 35.0 Å². The zero-order valence-electron chi connectivity index (χ0n) is 24.9. The number of hydrogen-bond acceptors (Lipinski definition) is 12.